The van der Waals surface area contributed by atoms with E-state index in [2.05, 4.69) is 10.3 Å². The van der Waals surface area contributed by atoms with Gasteiger partial charge in [0, 0.05) is 19.0 Å². The summed E-state index contributed by atoms with van der Waals surface area (Å²) < 4.78 is 5.04. The second kappa shape index (κ2) is 5.41. The molecule has 0 bridgehead atoms. The van der Waals surface area contributed by atoms with Crippen LogP contribution in [0.1, 0.15) is 23.7 Å². The Morgan fingerprint density at radius 2 is 2.43 bits per heavy atom. The highest BCUT2D eigenvalue weighted by Crippen LogP contribution is 2.22. The van der Waals surface area contributed by atoms with Crippen LogP contribution in [-0.2, 0) is 11.3 Å². The Morgan fingerprint density at radius 3 is 3.00 bits per heavy atom. The number of aromatic nitrogens is 1. The number of hydrogen-bond donors (Lipinski definition) is 2. The Balaban J connectivity index is 2.65. The third-order valence-corrected chi connectivity index (χ3v) is 2.96. The highest BCUT2D eigenvalue weighted by Gasteiger charge is 2.18. The third-order valence-electron chi connectivity index (χ3n) is 2.00. The molecule has 0 aliphatic rings. The summed E-state index contributed by atoms with van der Waals surface area (Å²) in [4.78, 5) is 4.29. The number of thiazole rings is 1. The molecule has 80 valence electrons. The lowest BCUT2D eigenvalue weighted by atomic mass is 10.2. The number of methoxy groups -OCH3 is 1. The molecule has 2 N–H and O–H groups in total. The van der Waals surface area contributed by atoms with E-state index in [-0.39, 0.29) is 6.10 Å². The summed E-state index contributed by atoms with van der Waals surface area (Å²) in [6.45, 7) is 2.55. The van der Waals surface area contributed by atoms with E-state index >= 15 is 0 Å². The summed E-state index contributed by atoms with van der Waals surface area (Å²) in [6.07, 6.45) is -0.848. The highest BCUT2D eigenvalue weighted by molar-refractivity contribution is 7.09. The van der Waals surface area contributed by atoms with Crippen LogP contribution in [0.15, 0.2) is 5.38 Å². The average molecular weight is 216 g/mol. The number of rotatable bonds is 5. The number of nitrogens with zero attached hydrogens (tertiary/aromatic N) is 1. The molecule has 0 spiro atoms. The molecule has 0 aromatic carbocycles. The predicted molar refractivity (Wildman–Crippen MR) is 56.3 cm³/mol. The maximum absolute atomic E-state index is 9.77. The minimum atomic E-state index is -0.629. The molecule has 0 amide bonds. The van der Waals surface area contributed by atoms with E-state index in [0.29, 0.717) is 5.01 Å². The molecule has 0 saturated heterocycles. The van der Waals surface area contributed by atoms with Crippen LogP contribution in [0.3, 0.4) is 0 Å². The van der Waals surface area contributed by atoms with Crippen molar-refractivity contribution in [3.05, 3.63) is 16.1 Å². The summed E-state index contributed by atoms with van der Waals surface area (Å²) in [6, 6.07) is 0. The van der Waals surface area contributed by atoms with Gasteiger partial charge in [-0.1, -0.05) is 0 Å². The van der Waals surface area contributed by atoms with Crippen LogP contribution < -0.4 is 5.32 Å². The van der Waals surface area contributed by atoms with E-state index in [1.807, 2.05) is 19.4 Å². The van der Waals surface area contributed by atoms with Gasteiger partial charge in [0.15, 0.2) is 0 Å². The first-order valence-corrected chi connectivity index (χ1v) is 5.36. The molecule has 0 fully saturated rings. The molecule has 0 aliphatic heterocycles. The first-order chi connectivity index (χ1) is 6.69. The van der Waals surface area contributed by atoms with Crippen molar-refractivity contribution in [3.8, 4) is 0 Å². The number of ether oxygens (including phenoxy) is 1. The summed E-state index contributed by atoms with van der Waals surface area (Å²) in [5.41, 5.74) is 0.954. The fourth-order valence-corrected chi connectivity index (χ4v) is 1.94. The summed E-state index contributed by atoms with van der Waals surface area (Å²) in [5, 5.41) is 15.4. The molecule has 5 heteroatoms. The normalized spacial score (nSPS) is 15.4. The maximum atomic E-state index is 9.77. The lowest BCUT2D eigenvalue weighted by Crippen LogP contribution is -2.16. The van der Waals surface area contributed by atoms with Crippen molar-refractivity contribution in [1.82, 2.24) is 10.3 Å². The van der Waals surface area contributed by atoms with Gasteiger partial charge in [0.2, 0.25) is 0 Å². The van der Waals surface area contributed by atoms with Gasteiger partial charge >= 0.3 is 0 Å². The zero-order valence-electron chi connectivity index (χ0n) is 8.65. The molecule has 1 rings (SSSR count). The Bertz CT molecular complexity index is 278. The van der Waals surface area contributed by atoms with E-state index < -0.39 is 6.10 Å². The molecule has 1 aromatic rings. The number of aliphatic hydroxyl groups is 1. The predicted octanol–water partition coefficient (Wildman–Crippen LogP) is 0.931. The molecular formula is C9H16N2O2S. The van der Waals surface area contributed by atoms with Crippen LogP contribution in [0.2, 0.25) is 0 Å². The quantitative estimate of drug-likeness (QED) is 0.769. The van der Waals surface area contributed by atoms with E-state index in [1.165, 1.54) is 11.3 Å². The molecule has 0 aliphatic carbocycles. The van der Waals surface area contributed by atoms with Crippen molar-refractivity contribution < 1.29 is 9.84 Å². The van der Waals surface area contributed by atoms with Crippen molar-refractivity contribution in [2.24, 2.45) is 0 Å². The first kappa shape index (κ1) is 11.6. The van der Waals surface area contributed by atoms with Crippen LogP contribution in [0, 0.1) is 0 Å². The van der Waals surface area contributed by atoms with Crippen molar-refractivity contribution in [2.45, 2.75) is 25.7 Å². The Hall–Kier alpha value is -0.490. The first-order valence-electron chi connectivity index (χ1n) is 4.48. The van der Waals surface area contributed by atoms with Crippen molar-refractivity contribution >= 4 is 11.3 Å². The van der Waals surface area contributed by atoms with E-state index in [4.69, 9.17) is 4.74 Å². The third kappa shape index (κ3) is 2.75. The maximum Gasteiger partial charge on any atom is 0.131 e. The minimum Gasteiger partial charge on any atom is -0.383 e. The van der Waals surface area contributed by atoms with Gasteiger partial charge in [0.25, 0.3) is 0 Å². The largest absolute Gasteiger partial charge is 0.383 e. The summed E-state index contributed by atoms with van der Waals surface area (Å²) in [5.74, 6) is 0. The molecule has 14 heavy (non-hydrogen) atoms. The van der Waals surface area contributed by atoms with Gasteiger partial charge < -0.3 is 15.2 Å². The van der Waals surface area contributed by atoms with Crippen LogP contribution in [-0.4, -0.2) is 30.4 Å². The molecule has 1 heterocycles. The van der Waals surface area contributed by atoms with E-state index in [1.54, 1.807) is 7.11 Å². The highest BCUT2D eigenvalue weighted by atomic mass is 32.1. The Kier molecular flexibility index (Phi) is 4.47. The molecule has 2 unspecified atom stereocenters. The number of nitrogens with one attached hydrogen (secondary N) is 1. The van der Waals surface area contributed by atoms with Crippen LogP contribution in [0.25, 0.3) is 0 Å². The van der Waals surface area contributed by atoms with Gasteiger partial charge in [0.1, 0.15) is 11.1 Å². The molecule has 2 atom stereocenters. The standard InChI is InChI=1S/C9H16N2O2S/c1-6(13-3)8(12)9-11-7(4-10-2)5-14-9/h5-6,8,10,12H,4H2,1-3H3. The SMILES string of the molecule is CNCc1csc(C(O)C(C)OC)n1. The van der Waals surface area contributed by atoms with Gasteiger partial charge in [-0.25, -0.2) is 4.98 Å². The number of hydrogen-bond acceptors (Lipinski definition) is 5. The molecular weight excluding hydrogens is 200 g/mol. The fourth-order valence-electron chi connectivity index (χ4n) is 1.05. The topological polar surface area (TPSA) is 54.4 Å². The molecule has 1 aromatic heterocycles. The lowest BCUT2D eigenvalue weighted by Gasteiger charge is -2.14. The average Bonchev–Trinajstić information content (AvgIpc) is 2.64. The zero-order chi connectivity index (χ0) is 10.6. The summed E-state index contributed by atoms with van der Waals surface area (Å²) in [7, 11) is 3.45. The van der Waals surface area contributed by atoms with Crippen LogP contribution >= 0.6 is 11.3 Å². The smallest absolute Gasteiger partial charge is 0.131 e. The second-order valence-electron chi connectivity index (χ2n) is 3.09. The van der Waals surface area contributed by atoms with Crippen LogP contribution in [0.4, 0.5) is 0 Å². The second-order valence-corrected chi connectivity index (χ2v) is 3.98. The van der Waals surface area contributed by atoms with Gasteiger partial charge in [-0.3, -0.25) is 0 Å². The summed E-state index contributed by atoms with van der Waals surface area (Å²) >= 11 is 1.46. The minimum absolute atomic E-state index is 0.219. The fraction of sp³-hybridized carbons (Fsp3) is 0.667. The van der Waals surface area contributed by atoms with E-state index in [9.17, 15) is 5.11 Å². The van der Waals surface area contributed by atoms with Gasteiger partial charge in [-0.05, 0) is 14.0 Å². The molecule has 4 nitrogen and oxygen atoms in total. The Morgan fingerprint density at radius 1 is 1.71 bits per heavy atom. The number of aliphatic hydroxyl groups excluding tert-OH is 1. The van der Waals surface area contributed by atoms with Gasteiger partial charge in [-0.15, -0.1) is 11.3 Å². The van der Waals surface area contributed by atoms with E-state index in [0.717, 1.165) is 12.2 Å². The van der Waals surface area contributed by atoms with Gasteiger partial charge in [-0.2, -0.15) is 0 Å². The zero-order valence-corrected chi connectivity index (χ0v) is 9.47. The lowest BCUT2D eigenvalue weighted by molar-refractivity contribution is -0.00158. The molecule has 0 radical (unpaired) electrons. The van der Waals surface area contributed by atoms with Crippen molar-refractivity contribution in [2.75, 3.05) is 14.2 Å². The van der Waals surface area contributed by atoms with Crippen molar-refractivity contribution in [3.63, 3.8) is 0 Å². The van der Waals surface area contributed by atoms with Gasteiger partial charge in [0.05, 0.1) is 11.8 Å². The van der Waals surface area contributed by atoms with Crippen molar-refractivity contribution in [1.29, 1.82) is 0 Å². The monoisotopic (exact) mass is 216 g/mol. The molecule has 0 saturated carbocycles. The Labute approximate surface area is 87.9 Å². The van der Waals surface area contributed by atoms with Crippen LogP contribution in [0.5, 0.6) is 0 Å².